The molecule has 0 heterocycles. The predicted molar refractivity (Wildman–Crippen MR) is 246 cm³/mol. The number of hydrogen-bond donors (Lipinski definition) is 0. The van der Waals surface area contributed by atoms with Gasteiger partial charge in [-0.05, 0) is 187 Å². The number of benzene rings is 7. The van der Waals surface area contributed by atoms with E-state index in [0.717, 1.165) is 23.7 Å². The topological polar surface area (TPSA) is 3.24 Å². The van der Waals surface area contributed by atoms with Crippen LogP contribution < -0.4 is 4.90 Å². The molecule has 59 heavy (non-hydrogen) atoms. The van der Waals surface area contributed by atoms with Gasteiger partial charge in [0, 0.05) is 22.5 Å². The van der Waals surface area contributed by atoms with Crippen LogP contribution in [0.2, 0.25) is 0 Å². The minimum Gasteiger partial charge on any atom is -0.310 e. The van der Waals surface area contributed by atoms with Crippen LogP contribution in [0.25, 0.3) is 44.2 Å². The third-order valence-corrected chi connectivity index (χ3v) is 17.4. The molecular formula is C58H53N. The molecule has 1 nitrogen and oxygen atoms in total. The SMILES string of the molecule is CC1(C)CCC(C)(C)c2cc(N(c3ccc(-c4ccc(-c5ccc6ccccc6c5)cc4)cc3)c3ccc4c(c3)C3(c5ccccc5-4)C4CC5CC6CC3C64C5)ccc21. The van der Waals surface area contributed by atoms with Gasteiger partial charge in [-0.25, -0.2) is 0 Å². The molecule has 13 rings (SSSR count). The lowest BCUT2D eigenvalue weighted by Gasteiger charge is -2.76. The summed E-state index contributed by atoms with van der Waals surface area (Å²) in [6, 6.07) is 58.5. The Morgan fingerprint density at radius 1 is 0.441 bits per heavy atom. The van der Waals surface area contributed by atoms with Crippen molar-refractivity contribution in [2.24, 2.45) is 29.1 Å². The zero-order valence-corrected chi connectivity index (χ0v) is 34.9. The number of nitrogens with zero attached hydrogens (tertiary/aromatic N) is 1. The van der Waals surface area contributed by atoms with E-state index in [9.17, 15) is 0 Å². The van der Waals surface area contributed by atoms with Gasteiger partial charge in [0.05, 0.1) is 0 Å². The van der Waals surface area contributed by atoms with E-state index in [1.807, 2.05) is 0 Å². The van der Waals surface area contributed by atoms with E-state index in [4.69, 9.17) is 0 Å². The molecule has 6 aliphatic carbocycles. The first-order chi connectivity index (χ1) is 28.6. The van der Waals surface area contributed by atoms with Crippen LogP contribution in [0.15, 0.2) is 152 Å². The Kier molecular flexibility index (Phi) is 6.81. The highest BCUT2D eigenvalue weighted by Crippen LogP contribution is 2.89. The maximum atomic E-state index is 2.66. The van der Waals surface area contributed by atoms with Crippen molar-refractivity contribution in [3.8, 4) is 33.4 Å². The second-order valence-corrected chi connectivity index (χ2v) is 20.9. The van der Waals surface area contributed by atoms with Crippen molar-refractivity contribution in [2.75, 3.05) is 4.90 Å². The van der Waals surface area contributed by atoms with Crippen LogP contribution in [0.4, 0.5) is 17.1 Å². The highest BCUT2D eigenvalue weighted by Gasteiger charge is 2.84. The van der Waals surface area contributed by atoms with E-state index >= 15 is 0 Å². The van der Waals surface area contributed by atoms with E-state index in [0.29, 0.717) is 5.41 Å². The average molecular weight is 764 g/mol. The fraction of sp³-hybridized carbons (Fsp3) is 0.310. The van der Waals surface area contributed by atoms with Crippen LogP contribution in [0, 0.1) is 29.1 Å². The zero-order valence-electron chi connectivity index (χ0n) is 34.9. The van der Waals surface area contributed by atoms with Crippen LogP contribution in [0.1, 0.15) is 88.5 Å². The number of anilines is 3. The van der Waals surface area contributed by atoms with Gasteiger partial charge >= 0.3 is 0 Å². The molecule has 4 saturated carbocycles. The van der Waals surface area contributed by atoms with E-state index in [-0.39, 0.29) is 16.2 Å². The highest BCUT2D eigenvalue weighted by atomic mass is 15.1. The lowest BCUT2D eigenvalue weighted by atomic mass is 9.27. The highest BCUT2D eigenvalue weighted by molar-refractivity contribution is 5.89. The summed E-state index contributed by atoms with van der Waals surface area (Å²) in [6.45, 7) is 9.79. The van der Waals surface area contributed by atoms with Crippen molar-refractivity contribution >= 4 is 27.8 Å². The third-order valence-electron chi connectivity index (χ3n) is 17.4. The normalized spacial score (nSPS) is 28.0. The van der Waals surface area contributed by atoms with Crippen molar-refractivity contribution in [3.63, 3.8) is 0 Å². The first kappa shape index (κ1) is 34.5. The molecule has 0 radical (unpaired) electrons. The Labute approximate surface area is 350 Å². The summed E-state index contributed by atoms with van der Waals surface area (Å²) in [5.74, 6) is 3.51. The molecule has 0 N–H and O–H groups in total. The van der Waals surface area contributed by atoms with Gasteiger partial charge in [-0.3, -0.25) is 0 Å². The fourth-order valence-corrected chi connectivity index (χ4v) is 14.6. The average Bonchev–Trinajstić information content (AvgIpc) is 3.90. The second-order valence-electron chi connectivity index (χ2n) is 20.9. The van der Waals surface area contributed by atoms with Gasteiger partial charge in [0.2, 0.25) is 0 Å². The monoisotopic (exact) mass is 763 g/mol. The second kappa shape index (κ2) is 11.7. The fourth-order valence-electron chi connectivity index (χ4n) is 14.6. The molecule has 4 fully saturated rings. The van der Waals surface area contributed by atoms with Crippen molar-refractivity contribution in [2.45, 2.75) is 82.5 Å². The summed E-state index contributed by atoms with van der Waals surface area (Å²) in [5, 5.41) is 2.56. The summed E-state index contributed by atoms with van der Waals surface area (Å²) in [7, 11) is 0. The van der Waals surface area contributed by atoms with E-state index < -0.39 is 0 Å². The third kappa shape index (κ3) is 4.47. The molecule has 6 atom stereocenters. The Bertz CT molecular complexity index is 2880. The number of fused-ring (bicyclic) bond motifs is 10. The van der Waals surface area contributed by atoms with Gasteiger partial charge in [-0.2, -0.15) is 0 Å². The molecule has 0 amide bonds. The van der Waals surface area contributed by atoms with Crippen molar-refractivity contribution < 1.29 is 0 Å². The molecule has 0 saturated heterocycles. The number of rotatable bonds is 5. The Morgan fingerprint density at radius 3 is 1.78 bits per heavy atom. The number of hydrogen-bond acceptors (Lipinski definition) is 1. The van der Waals surface area contributed by atoms with Crippen molar-refractivity contribution in [3.05, 3.63) is 174 Å². The van der Waals surface area contributed by atoms with Gasteiger partial charge in [0.1, 0.15) is 0 Å². The molecule has 2 bridgehead atoms. The first-order valence-corrected chi connectivity index (χ1v) is 22.5. The van der Waals surface area contributed by atoms with Gasteiger partial charge < -0.3 is 4.90 Å². The molecular weight excluding hydrogens is 711 g/mol. The first-order valence-electron chi connectivity index (χ1n) is 22.5. The van der Waals surface area contributed by atoms with Crippen LogP contribution in [0.3, 0.4) is 0 Å². The molecule has 6 aliphatic rings. The van der Waals surface area contributed by atoms with Crippen LogP contribution in [-0.4, -0.2) is 0 Å². The summed E-state index contributed by atoms with van der Waals surface area (Å²) in [6.07, 6.45) is 8.28. The summed E-state index contributed by atoms with van der Waals surface area (Å²) >= 11 is 0. The Morgan fingerprint density at radius 2 is 1.02 bits per heavy atom. The summed E-state index contributed by atoms with van der Waals surface area (Å²) in [4.78, 5) is 2.58. The summed E-state index contributed by atoms with van der Waals surface area (Å²) < 4.78 is 0. The minimum absolute atomic E-state index is 0.127. The van der Waals surface area contributed by atoms with Crippen LogP contribution in [0.5, 0.6) is 0 Å². The molecule has 7 aromatic rings. The van der Waals surface area contributed by atoms with Crippen molar-refractivity contribution in [1.82, 2.24) is 0 Å². The van der Waals surface area contributed by atoms with E-state index in [1.54, 1.807) is 11.1 Å². The molecule has 7 aromatic carbocycles. The lowest BCUT2D eigenvalue weighted by Crippen LogP contribution is -2.73. The predicted octanol–water partition coefficient (Wildman–Crippen LogP) is 15.3. The maximum Gasteiger partial charge on any atom is 0.0465 e. The van der Waals surface area contributed by atoms with E-state index in [2.05, 4.69) is 184 Å². The van der Waals surface area contributed by atoms with Crippen LogP contribution >= 0.6 is 0 Å². The van der Waals surface area contributed by atoms with Gasteiger partial charge in [0.15, 0.2) is 0 Å². The van der Waals surface area contributed by atoms with Gasteiger partial charge in [-0.15, -0.1) is 0 Å². The largest absolute Gasteiger partial charge is 0.310 e. The van der Waals surface area contributed by atoms with Crippen molar-refractivity contribution in [1.29, 1.82) is 0 Å². The molecule has 1 heteroatoms. The van der Waals surface area contributed by atoms with Gasteiger partial charge in [-0.1, -0.05) is 137 Å². The minimum atomic E-state index is 0.127. The molecule has 0 aromatic heterocycles. The van der Waals surface area contributed by atoms with Gasteiger partial charge in [0.25, 0.3) is 0 Å². The Balaban J connectivity index is 0.921. The molecule has 0 aliphatic heterocycles. The standard InChI is InChI=1S/C58H53N/c1-55(2)27-28-56(3,4)52-34-46(24-26-50(52)55)59(44-21-19-39(20-22-44)38-13-15-40(16-14-38)42-18-17-37-9-5-6-10-41(37)31-42)45-23-25-48-47-11-7-8-12-49(47)58(51(48)33-45)53-30-36-29-43-32-54(58)57(43,53)35-36/h5-26,31,33-34,36,43,53-54H,27-30,32,35H2,1-4H3. The lowest BCUT2D eigenvalue weighted by molar-refractivity contribution is -0.231. The smallest absolute Gasteiger partial charge is 0.0465 e. The zero-order chi connectivity index (χ0) is 39.5. The quantitative estimate of drug-likeness (QED) is 0.169. The summed E-state index contributed by atoms with van der Waals surface area (Å²) in [5.41, 5.74) is 19.1. The van der Waals surface area contributed by atoms with Crippen LogP contribution in [-0.2, 0) is 16.2 Å². The molecule has 2 spiro atoms. The molecule has 290 valence electrons. The Hall–Kier alpha value is -5.40. The van der Waals surface area contributed by atoms with E-state index in [1.165, 1.54) is 111 Å². The maximum absolute atomic E-state index is 2.66. The molecule has 6 unspecified atom stereocenters.